The van der Waals surface area contributed by atoms with Crippen molar-refractivity contribution in [3.63, 3.8) is 0 Å². The summed E-state index contributed by atoms with van der Waals surface area (Å²) in [6, 6.07) is 6.03. The van der Waals surface area contributed by atoms with E-state index in [4.69, 9.17) is 9.84 Å². The van der Waals surface area contributed by atoms with E-state index in [1.165, 1.54) is 5.56 Å². The highest BCUT2D eigenvalue weighted by molar-refractivity contribution is 9.11. The first-order valence-electron chi connectivity index (χ1n) is 5.56. The van der Waals surface area contributed by atoms with Gasteiger partial charge in [-0.2, -0.15) is 0 Å². The Labute approximate surface area is 119 Å². The molecule has 0 bridgehead atoms. The molecule has 0 amide bonds. The SMILES string of the molecule is COc1ccc(C)cc1-c1nc(CCO)c(Br)s1. The van der Waals surface area contributed by atoms with E-state index in [0.717, 1.165) is 25.8 Å². The molecule has 1 aromatic carbocycles. The summed E-state index contributed by atoms with van der Waals surface area (Å²) < 4.78 is 6.33. The number of methoxy groups -OCH3 is 1. The Morgan fingerprint density at radius 2 is 2.22 bits per heavy atom. The summed E-state index contributed by atoms with van der Waals surface area (Å²) in [4.78, 5) is 4.55. The summed E-state index contributed by atoms with van der Waals surface area (Å²) in [5, 5.41) is 9.90. The number of aliphatic hydroxyl groups is 1. The van der Waals surface area contributed by atoms with Crippen LogP contribution in [0.15, 0.2) is 22.0 Å². The molecule has 2 rings (SSSR count). The number of benzene rings is 1. The smallest absolute Gasteiger partial charge is 0.129 e. The molecule has 96 valence electrons. The predicted octanol–water partition coefficient (Wildman–Crippen LogP) is 3.42. The van der Waals surface area contributed by atoms with Gasteiger partial charge in [0.05, 0.1) is 22.2 Å². The number of nitrogens with zero attached hydrogens (tertiary/aromatic N) is 1. The van der Waals surface area contributed by atoms with Crippen molar-refractivity contribution < 1.29 is 9.84 Å². The summed E-state index contributed by atoms with van der Waals surface area (Å²) in [5.41, 5.74) is 3.05. The van der Waals surface area contributed by atoms with Crippen molar-refractivity contribution in [1.82, 2.24) is 4.98 Å². The number of aryl methyl sites for hydroxylation is 1. The number of aromatic nitrogens is 1. The van der Waals surface area contributed by atoms with Crippen LogP contribution in [-0.2, 0) is 6.42 Å². The largest absolute Gasteiger partial charge is 0.496 e. The minimum Gasteiger partial charge on any atom is -0.496 e. The fraction of sp³-hybridized carbons (Fsp3) is 0.308. The van der Waals surface area contributed by atoms with E-state index < -0.39 is 0 Å². The molecule has 0 saturated heterocycles. The van der Waals surface area contributed by atoms with Crippen LogP contribution in [0, 0.1) is 6.92 Å². The van der Waals surface area contributed by atoms with Crippen LogP contribution >= 0.6 is 27.3 Å². The van der Waals surface area contributed by atoms with Crippen molar-refractivity contribution >= 4 is 27.3 Å². The Balaban J connectivity index is 2.47. The molecule has 2 aromatic rings. The molecule has 1 aromatic heterocycles. The minimum absolute atomic E-state index is 0.104. The van der Waals surface area contributed by atoms with Crippen molar-refractivity contribution in [3.8, 4) is 16.3 Å². The van der Waals surface area contributed by atoms with Gasteiger partial charge in [-0.05, 0) is 35.0 Å². The second-order valence-electron chi connectivity index (χ2n) is 3.92. The van der Waals surface area contributed by atoms with E-state index in [0.29, 0.717) is 6.42 Å². The molecule has 18 heavy (non-hydrogen) atoms. The molecule has 0 aliphatic heterocycles. The maximum absolute atomic E-state index is 8.99. The van der Waals surface area contributed by atoms with E-state index in [9.17, 15) is 0 Å². The second-order valence-corrected chi connectivity index (χ2v) is 6.23. The summed E-state index contributed by atoms with van der Waals surface area (Å²) in [6.45, 7) is 2.15. The topological polar surface area (TPSA) is 42.4 Å². The zero-order valence-electron chi connectivity index (χ0n) is 10.2. The average Bonchev–Trinajstić information content (AvgIpc) is 2.71. The third-order valence-corrected chi connectivity index (χ3v) is 4.45. The van der Waals surface area contributed by atoms with Crippen LogP contribution in [-0.4, -0.2) is 23.8 Å². The number of halogens is 1. The first kappa shape index (κ1) is 13.5. The Bertz CT molecular complexity index is 554. The first-order valence-corrected chi connectivity index (χ1v) is 7.17. The highest BCUT2D eigenvalue weighted by Crippen LogP contribution is 2.37. The standard InChI is InChI=1S/C13H14BrNO2S/c1-8-3-4-11(17-2)9(7-8)13-15-10(5-6-16)12(14)18-13/h3-4,7,16H,5-6H2,1-2H3. The summed E-state index contributed by atoms with van der Waals surface area (Å²) in [6.07, 6.45) is 0.561. The molecule has 3 nitrogen and oxygen atoms in total. The molecular weight excluding hydrogens is 314 g/mol. The number of hydrogen-bond donors (Lipinski definition) is 1. The maximum Gasteiger partial charge on any atom is 0.129 e. The van der Waals surface area contributed by atoms with Gasteiger partial charge in [0.15, 0.2) is 0 Å². The number of thiazole rings is 1. The Hall–Kier alpha value is -0.910. The Kier molecular flexibility index (Phi) is 4.37. The van der Waals surface area contributed by atoms with E-state index in [-0.39, 0.29) is 6.61 Å². The molecule has 5 heteroatoms. The van der Waals surface area contributed by atoms with Crippen molar-refractivity contribution in [1.29, 1.82) is 0 Å². The third-order valence-electron chi connectivity index (χ3n) is 2.58. The van der Waals surface area contributed by atoms with Gasteiger partial charge in [0.25, 0.3) is 0 Å². The van der Waals surface area contributed by atoms with Crippen LogP contribution in [0.2, 0.25) is 0 Å². The molecule has 0 unspecified atom stereocenters. The van der Waals surface area contributed by atoms with Crippen LogP contribution in [0.5, 0.6) is 5.75 Å². The fourth-order valence-electron chi connectivity index (χ4n) is 1.70. The molecule has 0 atom stereocenters. The quantitative estimate of drug-likeness (QED) is 0.935. The summed E-state index contributed by atoms with van der Waals surface area (Å²) in [5.74, 6) is 0.817. The van der Waals surface area contributed by atoms with Crippen molar-refractivity contribution in [3.05, 3.63) is 33.2 Å². The number of hydrogen-bond acceptors (Lipinski definition) is 4. The zero-order valence-corrected chi connectivity index (χ0v) is 12.6. The normalized spacial score (nSPS) is 10.7. The lowest BCUT2D eigenvalue weighted by Gasteiger charge is -2.06. The molecule has 0 aliphatic carbocycles. The molecule has 0 fully saturated rings. The monoisotopic (exact) mass is 327 g/mol. The van der Waals surface area contributed by atoms with Crippen LogP contribution in [0.3, 0.4) is 0 Å². The van der Waals surface area contributed by atoms with Gasteiger partial charge in [0, 0.05) is 13.0 Å². The summed E-state index contributed by atoms with van der Waals surface area (Å²) in [7, 11) is 1.66. The Morgan fingerprint density at radius 1 is 1.44 bits per heavy atom. The van der Waals surface area contributed by atoms with Crippen LogP contribution in [0.25, 0.3) is 10.6 Å². The van der Waals surface area contributed by atoms with Crippen LogP contribution < -0.4 is 4.74 Å². The molecular formula is C13H14BrNO2S. The molecule has 1 heterocycles. The minimum atomic E-state index is 0.104. The van der Waals surface area contributed by atoms with E-state index >= 15 is 0 Å². The maximum atomic E-state index is 8.99. The highest BCUT2D eigenvalue weighted by atomic mass is 79.9. The fourth-order valence-corrected chi connectivity index (χ4v) is 3.30. The summed E-state index contributed by atoms with van der Waals surface area (Å²) >= 11 is 5.04. The predicted molar refractivity (Wildman–Crippen MR) is 77.3 cm³/mol. The lowest BCUT2D eigenvalue weighted by molar-refractivity contribution is 0.298. The molecule has 0 saturated carbocycles. The molecule has 1 N–H and O–H groups in total. The molecule has 0 aliphatic rings. The van der Waals surface area contributed by atoms with Crippen molar-refractivity contribution in [2.75, 3.05) is 13.7 Å². The first-order chi connectivity index (χ1) is 8.65. The van der Waals surface area contributed by atoms with Crippen molar-refractivity contribution in [2.24, 2.45) is 0 Å². The number of aliphatic hydroxyl groups excluding tert-OH is 1. The van der Waals surface area contributed by atoms with Crippen molar-refractivity contribution in [2.45, 2.75) is 13.3 Å². The van der Waals surface area contributed by atoms with Gasteiger partial charge in [-0.1, -0.05) is 11.6 Å². The lowest BCUT2D eigenvalue weighted by atomic mass is 10.1. The molecule has 0 radical (unpaired) electrons. The zero-order chi connectivity index (χ0) is 13.1. The highest BCUT2D eigenvalue weighted by Gasteiger charge is 2.14. The van der Waals surface area contributed by atoms with Gasteiger partial charge in [-0.3, -0.25) is 0 Å². The van der Waals surface area contributed by atoms with Crippen LogP contribution in [0.4, 0.5) is 0 Å². The van der Waals surface area contributed by atoms with Gasteiger partial charge in [-0.15, -0.1) is 11.3 Å². The van der Waals surface area contributed by atoms with Gasteiger partial charge in [0.1, 0.15) is 10.8 Å². The second kappa shape index (κ2) is 5.82. The average molecular weight is 328 g/mol. The van der Waals surface area contributed by atoms with Gasteiger partial charge in [-0.25, -0.2) is 4.98 Å². The van der Waals surface area contributed by atoms with Gasteiger partial charge < -0.3 is 9.84 Å². The van der Waals surface area contributed by atoms with E-state index in [2.05, 4.69) is 27.0 Å². The third kappa shape index (κ3) is 2.74. The van der Waals surface area contributed by atoms with E-state index in [1.807, 2.05) is 19.1 Å². The lowest BCUT2D eigenvalue weighted by Crippen LogP contribution is -1.92. The number of rotatable bonds is 4. The van der Waals surface area contributed by atoms with Gasteiger partial charge >= 0.3 is 0 Å². The number of ether oxygens (including phenoxy) is 1. The molecule has 0 spiro atoms. The van der Waals surface area contributed by atoms with Gasteiger partial charge in [0.2, 0.25) is 0 Å². The van der Waals surface area contributed by atoms with E-state index in [1.54, 1.807) is 18.4 Å². The van der Waals surface area contributed by atoms with Crippen LogP contribution in [0.1, 0.15) is 11.3 Å². The Morgan fingerprint density at radius 3 is 2.89 bits per heavy atom.